The number of hydrogen-bond donors (Lipinski definition) is 1. The lowest BCUT2D eigenvalue weighted by atomic mass is 10.3. The van der Waals surface area contributed by atoms with Crippen LogP contribution in [0.15, 0.2) is 0 Å². The third kappa shape index (κ3) is 11.5. The Morgan fingerprint density at radius 3 is 2.38 bits per heavy atom. The molecule has 0 aliphatic heterocycles. The van der Waals surface area contributed by atoms with Crippen molar-refractivity contribution in [1.82, 2.24) is 5.32 Å². The molecule has 96 valence electrons. The highest BCUT2D eigenvalue weighted by molar-refractivity contribution is 5.71. The van der Waals surface area contributed by atoms with E-state index in [1.54, 1.807) is 0 Å². The average Bonchev–Trinajstić information content (AvgIpc) is 2.14. The zero-order valence-electron chi connectivity index (χ0n) is 10.9. The third-order valence-corrected chi connectivity index (χ3v) is 1.84. The summed E-state index contributed by atoms with van der Waals surface area (Å²) in [4.78, 5) is 11.1. The van der Waals surface area contributed by atoms with E-state index in [0.717, 1.165) is 26.0 Å². The lowest BCUT2D eigenvalue weighted by molar-refractivity contribution is -0.146. The lowest BCUT2D eigenvalue weighted by Gasteiger charge is -2.09. The summed E-state index contributed by atoms with van der Waals surface area (Å²) in [5, 5.41) is 3.05. The van der Waals surface area contributed by atoms with Crippen molar-refractivity contribution in [3.8, 4) is 0 Å². The van der Waals surface area contributed by atoms with Gasteiger partial charge < -0.3 is 14.8 Å². The number of hydrogen-bond acceptors (Lipinski definition) is 4. The molecule has 16 heavy (non-hydrogen) atoms. The fourth-order valence-electron chi connectivity index (χ4n) is 1.17. The number of rotatable bonds is 9. The monoisotopic (exact) mass is 231 g/mol. The van der Waals surface area contributed by atoms with Crippen LogP contribution in [0.3, 0.4) is 0 Å². The maximum Gasteiger partial charge on any atom is 0.320 e. The fourth-order valence-corrected chi connectivity index (χ4v) is 1.17. The highest BCUT2D eigenvalue weighted by Crippen LogP contribution is 1.93. The Hall–Kier alpha value is -0.610. The van der Waals surface area contributed by atoms with Gasteiger partial charge in [-0.1, -0.05) is 0 Å². The van der Waals surface area contributed by atoms with Gasteiger partial charge in [-0.05, 0) is 47.1 Å². The van der Waals surface area contributed by atoms with Crippen LogP contribution in [0.5, 0.6) is 0 Å². The molecule has 1 N–H and O–H groups in total. The van der Waals surface area contributed by atoms with Crippen LogP contribution < -0.4 is 5.32 Å². The van der Waals surface area contributed by atoms with Crippen LogP contribution in [0.2, 0.25) is 0 Å². The minimum atomic E-state index is -0.187. The standard InChI is InChI=1S/C12H25NO3/c1-10(2)15-8-6-5-7-13-9-12(14)16-11(3)4/h10-11,13H,5-9H2,1-4H3. The van der Waals surface area contributed by atoms with Crippen LogP contribution >= 0.6 is 0 Å². The molecule has 0 saturated carbocycles. The number of ether oxygens (including phenoxy) is 2. The van der Waals surface area contributed by atoms with Crippen LogP contribution in [-0.4, -0.2) is 37.9 Å². The molecule has 0 unspecified atom stereocenters. The molecule has 0 amide bonds. The van der Waals surface area contributed by atoms with Crippen LogP contribution in [-0.2, 0) is 14.3 Å². The van der Waals surface area contributed by atoms with E-state index < -0.39 is 0 Å². The first kappa shape index (κ1) is 15.4. The fraction of sp³-hybridized carbons (Fsp3) is 0.917. The Morgan fingerprint density at radius 2 is 1.81 bits per heavy atom. The SMILES string of the molecule is CC(C)OCCCCNCC(=O)OC(C)C. The second-order valence-corrected chi connectivity index (χ2v) is 4.34. The van der Waals surface area contributed by atoms with Gasteiger partial charge in [-0.15, -0.1) is 0 Å². The summed E-state index contributed by atoms with van der Waals surface area (Å²) >= 11 is 0. The molecule has 0 aromatic heterocycles. The van der Waals surface area contributed by atoms with E-state index in [1.165, 1.54) is 0 Å². The zero-order valence-corrected chi connectivity index (χ0v) is 10.9. The number of carbonyl (C=O) groups excluding carboxylic acids is 1. The van der Waals surface area contributed by atoms with Crippen molar-refractivity contribution in [3.05, 3.63) is 0 Å². The van der Waals surface area contributed by atoms with Gasteiger partial charge in [-0.3, -0.25) is 4.79 Å². The molecule has 0 bridgehead atoms. The van der Waals surface area contributed by atoms with Crippen molar-refractivity contribution in [2.45, 2.75) is 52.7 Å². The van der Waals surface area contributed by atoms with Gasteiger partial charge in [0.25, 0.3) is 0 Å². The van der Waals surface area contributed by atoms with Crippen molar-refractivity contribution in [2.75, 3.05) is 19.7 Å². The Balaban J connectivity index is 3.18. The topological polar surface area (TPSA) is 47.6 Å². The third-order valence-electron chi connectivity index (χ3n) is 1.84. The molecule has 0 aliphatic carbocycles. The molecule has 0 aromatic rings. The van der Waals surface area contributed by atoms with E-state index in [0.29, 0.717) is 12.6 Å². The van der Waals surface area contributed by atoms with Crippen molar-refractivity contribution in [1.29, 1.82) is 0 Å². The Kier molecular flexibility index (Phi) is 9.24. The van der Waals surface area contributed by atoms with Gasteiger partial charge in [-0.25, -0.2) is 0 Å². The quantitative estimate of drug-likeness (QED) is 0.485. The summed E-state index contributed by atoms with van der Waals surface area (Å²) in [5.74, 6) is -0.187. The molecule has 0 aliphatic rings. The molecule has 0 rings (SSSR count). The summed E-state index contributed by atoms with van der Waals surface area (Å²) in [7, 11) is 0. The molecule has 0 heterocycles. The molecular formula is C12H25NO3. The van der Waals surface area contributed by atoms with Crippen LogP contribution in [0.1, 0.15) is 40.5 Å². The van der Waals surface area contributed by atoms with E-state index in [4.69, 9.17) is 9.47 Å². The minimum absolute atomic E-state index is 0.0336. The Labute approximate surface area is 98.7 Å². The number of esters is 1. The Morgan fingerprint density at radius 1 is 1.12 bits per heavy atom. The molecule has 0 fully saturated rings. The smallest absolute Gasteiger partial charge is 0.320 e. The molecule has 0 spiro atoms. The number of nitrogens with one attached hydrogen (secondary N) is 1. The van der Waals surface area contributed by atoms with Crippen LogP contribution in [0, 0.1) is 0 Å². The van der Waals surface area contributed by atoms with Crippen LogP contribution in [0.25, 0.3) is 0 Å². The van der Waals surface area contributed by atoms with E-state index in [1.807, 2.05) is 27.7 Å². The molecule has 4 heteroatoms. The maximum absolute atomic E-state index is 11.1. The first-order valence-electron chi connectivity index (χ1n) is 6.04. The highest BCUT2D eigenvalue weighted by Gasteiger charge is 2.03. The zero-order chi connectivity index (χ0) is 12.4. The van der Waals surface area contributed by atoms with Crippen molar-refractivity contribution >= 4 is 5.97 Å². The van der Waals surface area contributed by atoms with Gasteiger partial charge in [-0.2, -0.15) is 0 Å². The minimum Gasteiger partial charge on any atom is -0.462 e. The molecular weight excluding hydrogens is 206 g/mol. The van der Waals surface area contributed by atoms with Gasteiger partial charge in [0, 0.05) is 6.61 Å². The summed E-state index contributed by atoms with van der Waals surface area (Å²) < 4.78 is 10.4. The second-order valence-electron chi connectivity index (χ2n) is 4.34. The van der Waals surface area contributed by atoms with E-state index in [-0.39, 0.29) is 12.1 Å². The normalized spacial score (nSPS) is 11.1. The van der Waals surface area contributed by atoms with Crippen molar-refractivity contribution in [2.24, 2.45) is 0 Å². The molecule has 0 radical (unpaired) electrons. The molecule has 0 saturated heterocycles. The first-order chi connectivity index (χ1) is 7.52. The van der Waals surface area contributed by atoms with Gasteiger partial charge in [0.05, 0.1) is 18.8 Å². The number of unbranched alkanes of at least 4 members (excludes halogenated alkanes) is 1. The second kappa shape index (κ2) is 9.60. The van der Waals surface area contributed by atoms with E-state index >= 15 is 0 Å². The van der Waals surface area contributed by atoms with Gasteiger partial charge in [0.2, 0.25) is 0 Å². The maximum atomic E-state index is 11.1. The number of carbonyl (C=O) groups is 1. The van der Waals surface area contributed by atoms with Crippen molar-refractivity contribution < 1.29 is 14.3 Å². The Bertz CT molecular complexity index is 181. The summed E-state index contributed by atoms with van der Waals surface area (Å²) in [6, 6.07) is 0. The average molecular weight is 231 g/mol. The summed E-state index contributed by atoms with van der Waals surface area (Å²) in [6.45, 7) is 9.66. The van der Waals surface area contributed by atoms with E-state index in [9.17, 15) is 4.79 Å². The molecule has 0 atom stereocenters. The first-order valence-corrected chi connectivity index (χ1v) is 6.04. The predicted octanol–water partition coefficient (Wildman–Crippen LogP) is 1.73. The largest absolute Gasteiger partial charge is 0.462 e. The van der Waals surface area contributed by atoms with Gasteiger partial charge in [0.1, 0.15) is 0 Å². The van der Waals surface area contributed by atoms with Crippen LogP contribution in [0.4, 0.5) is 0 Å². The summed E-state index contributed by atoms with van der Waals surface area (Å²) in [6.07, 6.45) is 2.30. The molecule has 0 aromatic carbocycles. The van der Waals surface area contributed by atoms with Gasteiger partial charge in [0.15, 0.2) is 0 Å². The van der Waals surface area contributed by atoms with Gasteiger partial charge >= 0.3 is 5.97 Å². The summed E-state index contributed by atoms with van der Waals surface area (Å²) in [5.41, 5.74) is 0. The lowest BCUT2D eigenvalue weighted by Crippen LogP contribution is -2.27. The highest BCUT2D eigenvalue weighted by atomic mass is 16.5. The predicted molar refractivity (Wildman–Crippen MR) is 64.4 cm³/mol. The molecule has 4 nitrogen and oxygen atoms in total. The van der Waals surface area contributed by atoms with E-state index in [2.05, 4.69) is 5.32 Å². The van der Waals surface area contributed by atoms with Crippen molar-refractivity contribution in [3.63, 3.8) is 0 Å².